The van der Waals surface area contributed by atoms with Crippen molar-refractivity contribution in [2.24, 2.45) is 0 Å². The van der Waals surface area contributed by atoms with Crippen molar-refractivity contribution in [3.8, 4) is 0 Å². The number of rotatable bonds is 4. The number of esters is 1. The molecule has 0 aliphatic rings. The smallest absolute Gasteiger partial charge is 0.349 e. The highest BCUT2D eigenvalue weighted by Gasteiger charge is 2.24. The maximum absolute atomic E-state index is 12.2. The molecule has 20 heavy (non-hydrogen) atoms. The Labute approximate surface area is 120 Å². The first-order valence-electron chi connectivity index (χ1n) is 5.48. The van der Waals surface area contributed by atoms with Crippen LogP contribution in [-0.4, -0.2) is 21.5 Å². The molecule has 0 saturated carbocycles. The van der Waals surface area contributed by atoms with Crippen LogP contribution in [0.1, 0.15) is 9.67 Å². The van der Waals surface area contributed by atoms with Gasteiger partial charge in [-0.25, -0.2) is 13.2 Å². The van der Waals surface area contributed by atoms with Crippen LogP contribution in [0.5, 0.6) is 0 Å². The molecule has 0 spiro atoms. The normalized spacial score (nSPS) is 11.1. The Bertz CT molecular complexity index is 720. The van der Waals surface area contributed by atoms with Gasteiger partial charge < -0.3 is 10.5 Å². The summed E-state index contributed by atoms with van der Waals surface area (Å²) < 4.78 is 31.4. The Kier molecular flexibility index (Phi) is 3.96. The Balaban J connectivity index is 2.34. The number of benzene rings is 1. The number of nitrogens with one attached hydrogen (secondary N) is 1. The van der Waals surface area contributed by atoms with Crippen LogP contribution in [-0.2, 0) is 14.8 Å². The molecule has 3 N–H and O–H groups in total. The number of nitrogen functional groups attached to an aromatic ring is 1. The van der Waals surface area contributed by atoms with E-state index in [1.807, 2.05) is 0 Å². The number of nitrogens with two attached hydrogens (primary N) is 1. The van der Waals surface area contributed by atoms with E-state index < -0.39 is 16.0 Å². The first kappa shape index (κ1) is 14.4. The van der Waals surface area contributed by atoms with Gasteiger partial charge in [-0.1, -0.05) is 0 Å². The number of carbonyl (C=O) groups excluding carboxylic acids is 1. The quantitative estimate of drug-likeness (QED) is 0.664. The van der Waals surface area contributed by atoms with Gasteiger partial charge in [0.15, 0.2) is 0 Å². The standard InChI is InChI=1S/C12H12N2O4S2/c1-18-12(15)11-10(6-7-19-11)20(16,17)14-9-4-2-8(13)3-5-9/h2-7,14H,13H2,1H3. The SMILES string of the molecule is COC(=O)c1sccc1S(=O)(=O)Nc1ccc(N)cc1. The zero-order valence-electron chi connectivity index (χ0n) is 10.5. The predicted octanol–water partition coefficient (Wildman–Crippen LogP) is 1.92. The van der Waals surface area contributed by atoms with Crippen molar-refractivity contribution in [1.29, 1.82) is 0 Å². The first-order valence-corrected chi connectivity index (χ1v) is 7.84. The predicted molar refractivity (Wildman–Crippen MR) is 77.3 cm³/mol. The van der Waals surface area contributed by atoms with Gasteiger partial charge in [-0.15, -0.1) is 11.3 Å². The molecule has 106 valence electrons. The lowest BCUT2D eigenvalue weighted by Crippen LogP contribution is -2.15. The Morgan fingerprint density at radius 3 is 2.50 bits per heavy atom. The lowest BCUT2D eigenvalue weighted by molar-refractivity contribution is 0.0602. The van der Waals surface area contributed by atoms with Gasteiger partial charge in [0.2, 0.25) is 0 Å². The Hall–Kier alpha value is -2.06. The van der Waals surface area contributed by atoms with E-state index in [4.69, 9.17) is 5.73 Å². The molecule has 6 nitrogen and oxygen atoms in total. The summed E-state index contributed by atoms with van der Waals surface area (Å²) in [6.45, 7) is 0. The Morgan fingerprint density at radius 2 is 1.90 bits per heavy atom. The molecule has 1 aromatic heterocycles. The van der Waals surface area contributed by atoms with Crippen LogP contribution in [0.3, 0.4) is 0 Å². The largest absolute Gasteiger partial charge is 0.465 e. The molecule has 0 amide bonds. The molecule has 0 aliphatic heterocycles. The van der Waals surface area contributed by atoms with Crippen molar-refractivity contribution in [2.75, 3.05) is 17.6 Å². The third-order valence-corrected chi connectivity index (χ3v) is 4.90. The summed E-state index contributed by atoms with van der Waals surface area (Å²) in [6.07, 6.45) is 0. The highest BCUT2D eigenvalue weighted by atomic mass is 32.2. The third-order valence-electron chi connectivity index (χ3n) is 2.45. The van der Waals surface area contributed by atoms with Crippen LogP contribution < -0.4 is 10.5 Å². The van der Waals surface area contributed by atoms with E-state index in [2.05, 4.69) is 9.46 Å². The van der Waals surface area contributed by atoms with Gasteiger partial charge in [0.05, 0.1) is 7.11 Å². The molecule has 0 radical (unpaired) electrons. The second-order valence-corrected chi connectivity index (χ2v) is 6.40. The lowest BCUT2D eigenvalue weighted by atomic mass is 10.3. The highest BCUT2D eigenvalue weighted by molar-refractivity contribution is 7.93. The van der Waals surface area contributed by atoms with Crippen LogP contribution in [0.25, 0.3) is 0 Å². The molecule has 0 fully saturated rings. The lowest BCUT2D eigenvalue weighted by Gasteiger charge is -2.08. The number of carbonyl (C=O) groups is 1. The number of thiophene rings is 1. The number of hydrogen-bond donors (Lipinski definition) is 2. The number of sulfonamides is 1. The van der Waals surface area contributed by atoms with E-state index in [0.717, 1.165) is 11.3 Å². The average molecular weight is 312 g/mol. The molecule has 0 atom stereocenters. The maximum atomic E-state index is 12.2. The van der Waals surface area contributed by atoms with Crippen LogP contribution in [0.2, 0.25) is 0 Å². The number of methoxy groups -OCH3 is 1. The monoisotopic (exact) mass is 312 g/mol. The van der Waals surface area contributed by atoms with Crippen LogP contribution in [0.4, 0.5) is 11.4 Å². The fourth-order valence-corrected chi connectivity index (χ4v) is 3.91. The summed E-state index contributed by atoms with van der Waals surface area (Å²) in [4.78, 5) is 11.5. The number of ether oxygens (including phenoxy) is 1. The van der Waals surface area contributed by atoms with Gasteiger partial charge in [0.1, 0.15) is 9.77 Å². The molecular formula is C12H12N2O4S2. The molecule has 0 aliphatic carbocycles. The molecule has 8 heteroatoms. The molecule has 0 unspecified atom stereocenters. The van der Waals surface area contributed by atoms with Gasteiger partial charge >= 0.3 is 5.97 Å². The Morgan fingerprint density at radius 1 is 1.25 bits per heavy atom. The van der Waals surface area contributed by atoms with Crippen molar-refractivity contribution in [3.63, 3.8) is 0 Å². The summed E-state index contributed by atoms with van der Waals surface area (Å²) in [5, 5.41) is 1.52. The van der Waals surface area contributed by atoms with Crippen molar-refractivity contribution in [2.45, 2.75) is 4.90 Å². The second kappa shape index (κ2) is 5.51. The van der Waals surface area contributed by atoms with E-state index in [1.165, 1.54) is 30.7 Å². The number of hydrogen-bond acceptors (Lipinski definition) is 6. The number of anilines is 2. The fraction of sp³-hybridized carbons (Fsp3) is 0.0833. The minimum atomic E-state index is -3.85. The summed E-state index contributed by atoms with van der Waals surface area (Å²) >= 11 is 1.01. The van der Waals surface area contributed by atoms with Crippen LogP contribution in [0.15, 0.2) is 40.6 Å². The zero-order valence-corrected chi connectivity index (χ0v) is 12.1. The molecule has 1 heterocycles. The second-order valence-electron chi connectivity index (χ2n) is 3.83. The first-order chi connectivity index (χ1) is 9.44. The summed E-state index contributed by atoms with van der Waals surface area (Å²) in [6, 6.07) is 7.59. The molecule has 0 bridgehead atoms. The van der Waals surface area contributed by atoms with Crippen molar-refractivity contribution >= 4 is 38.7 Å². The van der Waals surface area contributed by atoms with Crippen molar-refractivity contribution in [3.05, 3.63) is 40.6 Å². The highest BCUT2D eigenvalue weighted by Crippen LogP contribution is 2.25. The van der Waals surface area contributed by atoms with Crippen molar-refractivity contribution in [1.82, 2.24) is 0 Å². The van der Waals surface area contributed by atoms with Crippen LogP contribution >= 0.6 is 11.3 Å². The molecule has 2 rings (SSSR count). The van der Waals surface area contributed by atoms with Gasteiger partial charge in [0.25, 0.3) is 10.0 Å². The van der Waals surface area contributed by atoms with E-state index in [-0.39, 0.29) is 9.77 Å². The summed E-state index contributed by atoms with van der Waals surface area (Å²) in [7, 11) is -2.65. The van der Waals surface area contributed by atoms with Gasteiger partial charge in [-0.05, 0) is 35.7 Å². The maximum Gasteiger partial charge on any atom is 0.349 e. The van der Waals surface area contributed by atoms with Crippen LogP contribution in [0, 0.1) is 0 Å². The molecular weight excluding hydrogens is 300 g/mol. The topological polar surface area (TPSA) is 98.5 Å². The molecule has 0 saturated heterocycles. The third kappa shape index (κ3) is 2.91. The minimum Gasteiger partial charge on any atom is -0.465 e. The van der Waals surface area contributed by atoms with Gasteiger partial charge in [-0.3, -0.25) is 4.72 Å². The summed E-state index contributed by atoms with van der Waals surface area (Å²) in [5.41, 5.74) is 6.42. The zero-order chi connectivity index (χ0) is 14.8. The summed E-state index contributed by atoms with van der Waals surface area (Å²) in [5.74, 6) is -0.683. The van der Waals surface area contributed by atoms with Gasteiger partial charge in [0, 0.05) is 11.4 Å². The van der Waals surface area contributed by atoms with Gasteiger partial charge in [-0.2, -0.15) is 0 Å². The van der Waals surface area contributed by atoms with E-state index in [9.17, 15) is 13.2 Å². The molecule has 1 aromatic carbocycles. The van der Waals surface area contributed by atoms with E-state index >= 15 is 0 Å². The minimum absolute atomic E-state index is 0.0374. The van der Waals surface area contributed by atoms with E-state index in [0.29, 0.717) is 11.4 Å². The van der Waals surface area contributed by atoms with E-state index in [1.54, 1.807) is 12.1 Å². The fourth-order valence-electron chi connectivity index (χ4n) is 1.51. The molecule has 2 aromatic rings. The van der Waals surface area contributed by atoms with Crippen molar-refractivity contribution < 1.29 is 17.9 Å². The average Bonchev–Trinajstić information content (AvgIpc) is 2.90.